The van der Waals surface area contributed by atoms with Gasteiger partial charge in [-0.25, -0.2) is 0 Å². The topological polar surface area (TPSA) is 37.8 Å². The maximum atomic E-state index is 4.15. The average molecular weight is 290 g/mol. The van der Waals surface area contributed by atoms with Crippen LogP contribution in [0.25, 0.3) is 9.88 Å². The minimum atomic E-state index is 0.778. The van der Waals surface area contributed by atoms with E-state index in [-0.39, 0.29) is 0 Å². The Morgan fingerprint density at radius 3 is 3.00 bits per heavy atom. The number of thiophene rings is 1. The van der Waals surface area contributed by atoms with Gasteiger partial charge in [0.2, 0.25) is 0 Å². The minimum Gasteiger partial charge on any atom is -0.313 e. The van der Waals surface area contributed by atoms with E-state index in [4.69, 9.17) is 0 Å². The van der Waals surface area contributed by atoms with Crippen LogP contribution >= 0.6 is 38.6 Å². The molecule has 0 spiro atoms. The van der Waals surface area contributed by atoms with E-state index in [2.05, 4.69) is 31.4 Å². The first-order chi connectivity index (χ1) is 6.81. The molecule has 6 heteroatoms. The molecule has 0 bridgehead atoms. The van der Waals surface area contributed by atoms with Crippen molar-refractivity contribution in [3.05, 3.63) is 20.9 Å². The molecule has 0 amide bonds. The molecule has 1 N–H and O–H groups in total. The van der Waals surface area contributed by atoms with Crippen molar-refractivity contribution in [1.29, 1.82) is 0 Å². The molecule has 2 aromatic rings. The van der Waals surface area contributed by atoms with Gasteiger partial charge in [-0.3, -0.25) is 0 Å². The highest BCUT2D eigenvalue weighted by Gasteiger charge is 2.10. The fourth-order valence-corrected chi connectivity index (χ4v) is 3.66. The van der Waals surface area contributed by atoms with Crippen LogP contribution in [0.15, 0.2) is 15.9 Å². The number of nitrogens with one attached hydrogen (secondary N) is 1. The molecule has 0 fully saturated rings. The summed E-state index contributed by atoms with van der Waals surface area (Å²) < 4.78 is 1.09. The maximum absolute atomic E-state index is 4.15. The van der Waals surface area contributed by atoms with E-state index >= 15 is 0 Å². The lowest BCUT2D eigenvalue weighted by Crippen LogP contribution is -2.04. The van der Waals surface area contributed by atoms with Crippen LogP contribution < -0.4 is 5.32 Å². The van der Waals surface area contributed by atoms with Gasteiger partial charge in [0.05, 0.1) is 4.88 Å². The molecule has 0 atom stereocenters. The first kappa shape index (κ1) is 10.2. The SMILES string of the molecule is CNCc1nnc(-c2sccc2Br)s1. The first-order valence-electron chi connectivity index (χ1n) is 4.01. The highest BCUT2D eigenvalue weighted by atomic mass is 79.9. The monoisotopic (exact) mass is 289 g/mol. The first-order valence-corrected chi connectivity index (χ1v) is 6.50. The molecule has 74 valence electrons. The van der Waals surface area contributed by atoms with Crippen molar-refractivity contribution in [2.24, 2.45) is 0 Å². The van der Waals surface area contributed by atoms with Crippen molar-refractivity contribution in [3.8, 4) is 9.88 Å². The molecular weight excluding hydrogens is 282 g/mol. The Hall–Kier alpha value is -0.300. The van der Waals surface area contributed by atoms with Crippen LogP contribution in [0.2, 0.25) is 0 Å². The summed E-state index contributed by atoms with van der Waals surface area (Å²) in [5, 5.41) is 15.3. The largest absolute Gasteiger partial charge is 0.313 e. The molecular formula is C8H8BrN3S2. The molecule has 0 saturated carbocycles. The highest BCUT2D eigenvalue weighted by Crippen LogP contribution is 2.34. The van der Waals surface area contributed by atoms with Crippen molar-refractivity contribution in [1.82, 2.24) is 15.5 Å². The molecule has 0 radical (unpaired) electrons. The zero-order chi connectivity index (χ0) is 9.97. The molecule has 2 rings (SSSR count). The second kappa shape index (κ2) is 4.48. The second-order valence-electron chi connectivity index (χ2n) is 2.63. The zero-order valence-corrected chi connectivity index (χ0v) is 10.7. The molecule has 3 nitrogen and oxygen atoms in total. The summed E-state index contributed by atoms with van der Waals surface area (Å²) >= 11 is 6.78. The van der Waals surface area contributed by atoms with Crippen molar-refractivity contribution >= 4 is 38.6 Å². The molecule has 0 unspecified atom stereocenters. The van der Waals surface area contributed by atoms with Gasteiger partial charge < -0.3 is 5.32 Å². The summed E-state index contributed by atoms with van der Waals surface area (Å²) in [5.74, 6) is 0. The number of nitrogens with zero attached hydrogens (tertiary/aromatic N) is 2. The van der Waals surface area contributed by atoms with Crippen LogP contribution in [0.5, 0.6) is 0 Å². The van der Waals surface area contributed by atoms with Crippen molar-refractivity contribution in [2.75, 3.05) is 7.05 Å². The van der Waals surface area contributed by atoms with Crippen LogP contribution in [0, 0.1) is 0 Å². The lowest BCUT2D eigenvalue weighted by molar-refractivity contribution is 0.795. The molecule has 2 aromatic heterocycles. The summed E-state index contributed by atoms with van der Waals surface area (Å²) in [7, 11) is 1.90. The smallest absolute Gasteiger partial charge is 0.159 e. The number of rotatable bonds is 3. The van der Waals surface area contributed by atoms with Gasteiger partial charge >= 0.3 is 0 Å². The Labute approximate surface area is 98.3 Å². The highest BCUT2D eigenvalue weighted by molar-refractivity contribution is 9.10. The van der Waals surface area contributed by atoms with Crippen molar-refractivity contribution in [3.63, 3.8) is 0 Å². The Bertz CT molecular complexity index is 424. The van der Waals surface area contributed by atoms with E-state index in [1.807, 2.05) is 18.5 Å². The summed E-state index contributed by atoms with van der Waals surface area (Å²) in [4.78, 5) is 1.16. The van der Waals surface area contributed by atoms with E-state index in [9.17, 15) is 0 Å². The predicted molar refractivity (Wildman–Crippen MR) is 63.7 cm³/mol. The van der Waals surface area contributed by atoms with Gasteiger partial charge in [0.25, 0.3) is 0 Å². The predicted octanol–water partition coefficient (Wildman–Crippen LogP) is 2.75. The van der Waals surface area contributed by atoms with Gasteiger partial charge in [0, 0.05) is 11.0 Å². The minimum absolute atomic E-state index is 0.778. The Balaban J connectivity index is 2.29. The third-order valence-electron chi connectivity index (χ3n) is 1.61. The lowest BCUT2D eigenvalue weighted by atomic mass is 10.5. The standard InChI is InChI=1S/C8H8BrN3S2/c1-10-4-6-11-12-8(14-6)7-5(9)2-3-13-7/h2-3,10H,4H2,1H3. The number of halogens is 1. The summed E-state index contributed by atoms with van der Waals surface area (Å²) in [6, 6.07) is 2.03. The normalized spacial score (nSPS) is 10.7. The molecule has 2 heterocycles. The van der Waals surface area contributed by atoms with E-state index in [0.29, 0.717) is 0 Å². The lowest BCUT2D eigenvalue weighted by Gasteiger charge is -1.89. The Kier molecular flexibility index (Phi) is 3.27. The van der Waals surface area contributed by atoms with E-state index in [1.54, 1.807) is 22.7 Å². The fourth-order valence-electron chi connectivity index (χ4n) is 1.01. The molecule has 0 aliphatic carbocycles. The van der Waals surface area contributed by atoms with Gasteiger partial charge in [-0.1, -0.05) is 11.3 Å². The Morgan fingerprint density at radius 2 is 2.36 bits per heavy atom. The maximum Gasteiger partial charge on any atom is 0.159 e. The van der Waals surface area contributed by atoms with Gasteiger partial charge in [-0.05, 0) is 34.4 Å². The summed E-state index contributed by atoms with van der Waals surface area (Å²) in [6.45, 7) is 0.778. The van der Waals surface area contributed by atoms with Crippen molar-refractivity contribution in [2.45, 2.75) is 6.54 Å². The molecule has 14 heavy (non-hydrogen) atoms. The summed E-state index contributed by atoms with van der Waals surface area (Å²) in [6.07, 6.45) is 0. The Morgan fingerprint density at radius 1 is 1.50 bits per heavy atom. The second-order valence-corrected chi connectivity index (χ2v) is 5.46. The van der Waals surface area contributed by atoms with Gasteiger partial charge in [-0.2, -0.15) is 0 Å². The third-order valence-corrected chi connectivity index (χ3v) is 4.52. The number of hydrogen-bond donors (Lipinski definition) is 1. The molecule has 0 saturated heterocycles. The van der Waals surface area contributed by atoms with Crippen LogP contribution in [-0.4, -0.2) is 17.2 Å². The average Bonchev–Trinajstić information content (AvgIpc) is 2.74. The van der Waals surface area contributed by atoms with Crippen LogP contribution in [-0.2, 0) is 6.54 Å². The molecule has 0 aliphatic heterocycles. The van der Waals surface area contributed by atoms with Crippen LogP contribution in [0.1, 0.15) is 5.01 Å². The van der Waals surface area contributed by atoms with Crippen molar-refractivity contribution < 1.29 is 0 Å². The van der Waals surface area contributed by atoms with E-state index in [1.165, 1.54) is 0 Å². The number of aromatic nitrogens is 2. The molecule has 0 aromatic carbocycles. The number of hydrogen-bond acceptors (Lipinski definition) is 5. The van der Waals surface area contributed by atoms with Crippen LogP contribution in [0.3, 0.4) is 0 Å². The van der Waals surface area contributed by atoms with E-state index in [0.717, 1.165) is 25.9 Å². The molecule has 0 aliphatic rings. The van der Waals surface area contributed by atoms with Gasteiger partial charge in [0.1, 0.15) is 5.01 Å². The summed E-state index contributed by atoms with van der Waals surface area (Å²) in [5.41, 5.74) is 0. The zero-order valence-electron chi connectivity index (χ0n) is 7.45. The van der Waals surface area contributed by atoms with Crippen LogP contribution in [0.4, 0.5) is 0 Å². The third kappa shape index (κ3) is 2.03. The van der Waals surface area contributed by atoms with Gasteiger partial charge in [-0.15, -0.1) is 21.5 Å². The fraction of sp³-hybridized carbons (Fsp3) is 0.250. The quantitative estimate of drug-likeness (QED) is 0.944. The van der Waals surface area contributed by atoms with E-state index < -0.39 is 0 Å². The van der Waals surface area contributed by atoms with Gasteiger partial charge in [0.15, 0.2) is 5.01 Å².